The Balaban J connectivity index is 1.85. The fourth-order valence-corrected chi connectivity index (χ4v) is 2.77. The SMILES string of the molecule is CCC1(C)CC(NC2CCOC2C)CCO1. The Morgan fingerprint density at radius 3 is 2.75 bits per heavy atom. The van der Waals surface area contributed by atoms with Crippen molar-refractivity contribution < 1.29 is 9.47 Å². The second kappa shape index (κ2) is 5.03. The summed E-state index contributed by atoms with van der Waals surface area (Å²) in [5.41, 5.74) is 0.0820. The van der Waals surface area contributed by atoms with Crippen molar-refractivity contribution in [1.82, 2.24) is 5.32 Å². The second-order valence-corrected chi connectivity index (χ2v) is 5.48. The van der Waals surface area contributed by atoms with Crippen LogP contribution in [0.1, 0.15) is 46.5 Å². The molecule has 2 heterocycles. The van der Waals surface area contributed by atoms with Crippen LogP contribution in [0.4, 0.5) is 0 Å². The molecule has 94 valence electrons. The Kier molecular flexibility index (Phi) is 3.88. The third-order valence-corrected chi connectivity index (χ3v) is 4.17. The first-order valence-corrected chi connectivity index (χ1v) is 6.64. The predicted molar refractivity (Wildman–Crippen MR) is 64.6 cm³/mol. The number of rotatable bonds is 3. The van der Waals surface area contributed by atoms with Gasteiger partial charge in [-0.25, -0.2) is 0 Å². The van der Waals surface area contributed by atoms with Crippen molar-refractivity contribution in [1.29, 1.82) is 0 Å². The summed E-state index contributed by atoms with van der Waals surface area (Å²) in [5.74, 6) is 0. The summed E-state index contributed by atoms with van der Waals surface area (Å²) in [6.07, 6.45) is 4.89. The van der Waals surface area contributed by atoms with Gasteiger partial charge < -0.3 is 14.8 Å². The zero-order valence-electron chi connectivity index (χ0n) is 10.8. The van der Waals surface area contributed by atoms with E-state index in [4.69, 9.17) is 9.47 Å². The van der Waals surface area contributed by atoms with Gasteiger partial charge in [0.25, 0.3) is 0 Å². The van der Waals surface area contributed by atoms with Crippen molar-refractivity contribution in [3.63, 3.8) is 0 Å². The minimum absolute atomic E-state index is 0.0820. The van der Waals surface area contributed by atoms with Gasteiger partial charge in [0.1, 0.15) is 0 Å². The van der Waals surface area contributed by atoms with Crippen LogP contribution in [0.2, 0.25) is 0 Å². The number of nitrogens with one attached hydrogen (secondary N) is 1. The molecule has 16 heavy (non-hydrogen) atoms. The lowest BCUT2D eigenvalue weighted by atomic mass is 9.89. The summed E-state index contributed by atoms with van der Waals surface area (Å²) in [6.45, 7) is 8.42. The van der Waals surface area contributed by atoms with Crippen LogP contribution in [0.25, 0.3) is 0 Å². The average Bonchev–Trinajstić information content (AvgIpc) is 2.65. The Hall–Kier alpha value is -0.120. The molecule has 0 bridgehead atoms. The molecule has 0 amide bonds. The van der Waals surface area contributed by atoms with E-state index in [2.05, 4.69) is 26.1 Å². The number of hydrogen-bond acceptors (Lipinski definition) is 3. The van der Waals surface area contributed by atoms with Crippen molar-refractivity contribution in [2.24, 2.45) is 0 Å². The van der Waals surface area contributed by atoms with Gasteiger partial charge >= 0.3 is 0 Å². The highest BCUT2D eigenvalue weighted by Gasteiger charge is 2.34. The maximum Gasteiger partial charge on any atom is 0.0700 e. The number of ether oxygens (including phenoxy) is 2. The molecule has 0 spiro atoms. The fraction of sp³-hybridized carbons (Fsp3) is 1.00. The van der Waals surface area contributed by atoms with Crippen LogP contribution in [-0.4, -0.2) is 37.0 Å². The van der Waals surface area contributed by atoms with Gasteiger partial charge in [0.05, 0.1) is 11.7 Å². The van der Waals surface area contributed by atoms with E-state index >= 15 is 0 Å². The summed E-state index contributed by atoms with van der Waals surface area (Å²) in [6, 6.07) is 1.15. The van der Waals surface area contributed by atoms with E-state index in [1.54, 1.807) is 0 Å². The molecule has 0 radical (unpaired) electrons. The van der Waals surface area contributed by atoms with E-state index in [0.717, 1.165) is 38.9 Å². The molecule has 2 aliphatic rings. The van der Waals surface area contributed by atoms with E-state index in [9.17, 15) is 0 Å². The molecule has 0 saturated carbocycles. The van der Waals surface area contributed by atoms with Crippen molar-refractivity contribution in [2.45, 2.75) is 70.2 Å². The minimum atomic E-state index is 0.0820. The highest BCUT2D eigenvalue weighted by molar-refractivity contribution is 4.89. The zero-order chi connectivity index (χ0) is 11.6. The molecule has 4 atom stereocenters. The lowest BCUT2D eigenvalue weighted by Crippen LogP contribution is -2.49. The molecule has 2 saturated heterocycles. The molecular formula is C13H25NO2. The first kappa shape index (κ1) is 12.3. The lowest BCUT2D eigenvalue weighted by molar-refractivity contribution is -0.0798. The molecule has 0 aromatic carbocycles. The van der Waals surface area contributed by atoms with E-state index < -0.39 is 0 Å². The van der Waals surface area contributed by atoms with Gasteiger partial charge in [0.2, 0.25) is 0 Å². The Labute approximate surface area is 98.9 Å². The van der Waals surface area contributed by atoms with Crippen molar-refractivity contribution >= 4 is 0 Å². The Morgan fingerprint density at radius 1 is 1.31 bits per heavy atom. The van der Waals surface area contributed by atoms with Gasteiger partial charge in [-0.3, -0.25) is 0 Å². The molecule has 0 aliphatic carbocycles. The van der Waals surface area contributed by atoms with Crippen molar-refractivity contribution in [3.05, 3.63) is 0 Å². The predicted octanol–water partition coefficient (Wildman–Crippen LogP) is 2.10. The van der Waals surface area contributed by atoms with E-state index in [1.165, 1.54) is 0 Å². The normalized spacial score (nSPS) is 44.8. The second-order valence-electron chi connectivity index (χ2n) is 5.48. The maximum absolute atomic E-state index is 5.86. The van der Waals surface area contributed by atoms with Gasteiger partial charge in [-0.1, -0.05) is 6.92 Å². The monoisotopic (exact) mass is 227 g/mol. The Bertz CT molecular complexity index is 234. The molecule has 2 aliphatic heterocycles. The van der Waals surface area contributed by atoms with Crippen LogP contribution in [0.15, 0.2) is 0 Å². The summed E-state index contributed by atoms with van der Waals surface area (Å²) in [7, 11) is 0. The van der Waals surface area contributed by atoms with Crippen LogP contribution in [-0.2, 0) is 9.47 Å². The topological polar surface area (TPSA) is 30.5 Å². The molecular weight excluding hydrogens is 202 g/mol. The quantitative estimate of drug-likeness (QED) is 0.801. The molecule has 0 aromatic rings. The third kappa shape index (κ3) is 2.76. The zero-order valence-corrected chi connectivity index (χ0v) is 10.8. The fourth-order valence-electron chi connectivity index (χ4n) is 2.77. The van der Waals surface area contributed by atoms with Crippen LogP contribution < -0.4 is 5.32 Å². The van der Waals surface area contributed by atoms with Crippen LogP contribution in [0.5, 0.6) is 0 Å². The Morgan fingerprint density at radius 2 is 2.12 bits per heavy atom. The molecule has 2 rings (SSSR count). The molecule has 4 unspecified atom stereocenters. The number of hydrogen-bond donors (Lipinski definition) is 1. The summed E-state index contributed by atoms with van der Waals surface area (Å²) >= 11 is 0. The largest absolute Gasteiger partial charge is 0.377 e. The maximum atomic E-state index is 5.86. The lowest BCUT2D eigenvalue weighted by Gasteiger charge is -2.39. The van der Waals surface area contributed by atoms with Gasteiger partial charge in [-0.15, -0.1) is 0 Å². The molecule has 0 aromatic heterocycles. The molecule has 3 heteroatoms. The van der Waals surface area contributed by atoms with E-state index in [0.29, 0.717) is 18.2 Å². The van der Waals surface area contributed by atoms with Crippen LogP contribution >= 0.6 is 0 Å². The van der Waals surface area contributed by atoms with Crippen molar-refractivity contribution in [3.8, 4) is 0 Å². The average molecular weight is 227 g/mol. The van der Waals surface area contributed by atoms with Gasteiger partial charge in [0.15, 0.2) is 0 Å². The summed E-state index contributed by atoms with van der Waals surface area (Å²) < 4.78 is 11.5. The van der Waals surface area contributed by atoms with Gasteiger partial charge in [0, 0.05) is 25.3 Å². The van der Waals surface area contributed by atoms with Crippen LogP contribution in [0, 0.1) is 0 Å². The first-order chi connectivity index (χ1) is 7.63. The van der Waals surface area contributed by atoms with Gasteiger partial charge in [-0.05, 0) is 39.5 Å². The van der Waals surface area contributed by atoms with Gasteiger partial charge in [-0.2, -0.15) is 0 Å². The molecule has 2 fully saturated rings. The summed E-state index contributed by atoms with van der Waals surface area (Å²) in [5, 5.41) is 3.75. The summed E-state index contributed by atoms with van der Waals surface area (Å²) in [4.78, 5) is 0. The smallest absolute Gasteiger partial charge is 0.0700 e. The highest BCUT2D eigenvalue weighted by Crippen LogP contribution is 2.28. The highest BCUT2D eigenvalue weighted by atomic mass is 16.5. The van der Waals surface area contributed by atoms with Crippen molar-refractivity contribution in [2.75, 3.05) is 13.2 Å². The molecule has 3 nitrogen and oxygen atoms in total. The van der Waals surface area contributed by atoms with E-state index in [1.807, 2.05) is 0 Å². The minimum Gasteiger partial charge on any atom is -0.377 e. The standard InChI is InChI=1S/C13H25NO2/c1-4-13(3)9-11(5-8-16-13)14-12-6-7-15-10(12)2/h10-12,14H,4-9H2,1-3H3. The molecule has 1 N–H and O–H groups in total. The van der Waals surface area contributed by atoms with E-state index in [-0.39, 0.29) is 5.60 Å². The third-order valence-electron chi connectivity index (χ3n) is 4.17. The first-order valence-electron chi connectivity index (χ1n) is 6.64. The van der Waals surface area contributed by atoms with Crippen LogP contribution in [0.3, 0.4) is 0 Å².